The first-order valence-electron chi connectivity index (χ1n) is 6.52. The van der Waals surface area contributed by atoms with Crippen molar-refractivity contribution in [2.24, 2.45) is 0 Å². The molecule has 3 rings (SSSR count). The second-order valence-corrected chi connectivity index (χ2v) is 4.63. The Morgan fingerprint density at radius 1 is 1.22 bits per heavy atom. The number of amides is 1. The molecule has 0 spiro atoms. The van der Waals surface area contributed by atoms with Gasteiger partial charge in [-0.3, -0.25) is 4.79 Å². The number of carbonyl (C=O) groups excluding carboxylic acids is 1. The zero-order chi connectivity index (χ0) is 16.4. The third-order valence-electron chi connectivity index (χ3n) is 3.05. The van der Waals surface area contributed by atoms with E-state index in [0.717, 1.165) is 6.07 Å². The molecule has 0 saturated carbocycles. The summed E-state index contributed by atoms with van der Waals surface area (Å²) in [5.74, 6) is -1.46. The summed E-state index contributed by atoms with van der Waals surface area (Å²) in [6.07, 6.45) is 1.19. The summed E-state index contributed by atoms with van der Waals surface area (Å²) in [5.41, 5.74) is 0.506. The van der Waals surface area contributed by atoms with E-state index in [1.807, 2.05) is 0 Å². The fourth-order valence-electron chi connectivity index (χ4n) is 1.95. The average Bonchev–Trinajstić information content (AvgIpc) is 2.95. The minimum absolute atomic E-state index is 0.0891. The highest BCUT2D eigenvalue weighted by atomic mass is 19.1. The summed E-state index contributed by atoms with van der Waals surface area (Å²) in [5, 5.41) is 13.4. The number of nitrogens with one attached hydrogen (secondary N) is 1. The van der Waals surface area contributed by atoms with Crippen molar-refractivity contribution in [2.45, 2.75) is 6.92 Å². The van der Waals surface area contributed by atoms with Crippen molar-refractivity contribution in [3.05, 3.63) is 59.7 Å². The quantitative estimate of drug-likeness (QED) is 0.746. The minimum Gasteiger partial charge on any atom is -0.322 e. The maximum atomic E-state index is 13.9. The molecule has 1 N–H and O–H groups in total. The van der Waals surface area contributed by atoms with Gasteiger partial charge in [-0.2, -0.15) is 9.07 Å². The van der Waals surface area contributed by atoms with Crippen LogP contribution in [0.25, 0.3) is 5.69 Å². The number of tetrazole rings is 1. The van der Waals surface area contributed by atoms with Gasteiger partial charge in [-0.25, -0.2) is 9.37 Å². The smallest absolute Gasteiger partial charge is 0.255 e. The van der Waals surface area contributed by atoms with Crippen molar-refractivity contribution in [3.63, 3.8) is 0 Å². The van der Waals surface area contributed by atoms with Crippen molar-refractivity contribution in [1.82, 2.24) is 25.2 Å². The van der Waals surface area contributed by atoms with Crippen LogP contribution in [0.2, 0.25) is 0 Å². The van der Waals surface area contributed by atoms with E-state index in [1.54, 1.807) is 6.92 Å². The van der Waals surface area contributed by atoms with Gasteiger partial charge in [-0.1, -0.05) is 0 Å². The molecule has 0 aliphatic rings. The molecule has 23 heavy (non-hydrogen) atoms. The van der Waals surface area contributed by atoms with Crippen LogP contribution in [0.3, 0.4) is 0 Å². The summed E-state index contributed by atoms with van der Waals surface area (Å²) in [7, 11) is 0. The lowest BCUT2D eigenvalue weighted by Gasteiger charge is -2.09. The second kappa shape index (κ2) is 5.87. The van der Waals surface area contributed by atoms with Gasteiger partial charge in [0.2, 0.25) is 5.95 Å². The topological polar surface area (TPSA) is 85.6 Å². The summed E-state index contributed by atoms with van der Waals surface area (Å²) < 4.78 is 28.2. The maximum Gasteiger partial charge on any atom is 0.255 e. The molecule has 7 nitrogen and oxygen atoms in total. The molecule has 0 radical (unpaired) electrons. The third-order valence-corrected chi connectivity index (χ3v) is 3.05. The Hall–Kier alpha value is -3.23. The first-order chi connectivity index (χ1) is 11.0. The number of rotatable bonds is 3. The number of anilines is 1. The number of nitrogens with zero attached hydrogens (tertiary/aromatic N) is 5. The fourth-order valence-corrected chi connectivity index (χ4v) is 1.95. The molecular weight excluding hydrogens is 306 g/mol. The molecule has 1 amide bonds. The van der Waals surface area contributed by atoms with Crippen LogP contribution in [0.4, 0.5) is 14.5 Å². The molecule has 3 aromatic rings. The van der Waals surface area contributed by atoms with E-state index >= 15 is 0 Å². The molecule has 0 aliphatic heterocycles. The maximum absolute atomic E-state index is 13.9. The van der Waals surface area contributed by atoms with Crippen molar-refractivity contribution >= 4 is 11.6 Å². The van der Waals surface area contributed by atoms with Gasteiger partial charge in [0.05, 0.1) is 0 Å². The zero-order valence-corrected chi connectivity index (χ0v) is 11.9. The van der Waals surface area contributed by atoms with Gasteiger partial charge < -0.3 is 5.32 Å². The summed E-state index contributed by atoms with van der Waals surface area (Å²) >= 11 is 0. The molecule has 0 aliphatic carbocycles. The van der Waals surface area contributed by atoms with E-state index in [0.29, 0.717) is 11.5 Å². The first kappa shape index (κ1) is 14.7. The van der Waals surface area contributed by atoms with E-state index in [4.69, 9.17) is 0 Å². The molecule has 0 saturated heterocycles. The predicted octanol–water partition coefficient (Wildman–Crippen LogP) is 1.90. The normalized spacial score (nSPS) is 10.6. The van der Waals surface area contributed by atoms with Gasteiger partial charge in [0, 0.05) is 23.5 Å². The van der Waals surface area contributed by atoms with E-state index in [1.165, 1.54) is 35.1 Å². The zero-order valence-electron chi connectivity index (χ0n) is 11.9. The molecule has 9 heteroatoms. The Bertz CT molecular complexity index is 879. The number of carbonyl (C=O) groups is 1. The van der Waals surface area contributed by atoms with Gasteiger partial charge >= 0.3 is 0 Å². The molecule has 2 aromatic heterocycles. The largest absolute Gasteiger partial charge is 0.322 e. The molecular formula is C14H10F2N6O. The summed E-state index contributed by atoms with van der Waals surface area (Å²) in [6, 6.07) is 6.32. The highest BCUT2D eigenvalue weighted by molar-refractivity contribution is 6.04. The molecule has 0 bridgehead atoms. The van der Waals surface area contributed by atoms with Crippen LogP contribution in [0.5, 0.6) is 0 Å². The van der Waals surface area contributed by atoms with Gasteiger partial charge in [0.25, 0.3) is 5.91 Å². The third kappa shape index (κ3) is 3.03. The van der Waals surface area contributed by atoms with Gasteiger partial charge in [-0.05, 0) is 41.6 Å². The van der Waals surface area contributed by atoms with E-state index in [9.17, 15) is 13.6 Å². The predicted molar refractivity (Wildman–Crippen MR) is 76.0 cm³/mol. The van der Waals surface area contributed by atoms with Crippen molar-refractivity contribution in [1.29, 1.82) is 0 Å². The van der Waals surface area contributed by atoms with E-state index in [2.05, 4.69) is 25.8 Å². The van der Waals surface area contributed by atoms with Crippen LogP contribution in [-0.2, 0) is 0 Å². The number of aryl methyl sites for hydroxylation is 1. The van der Waals surface area contributed by atoms with Crippen LogP contribution in [0, 0.1) is 18.7 Å². The SMILES string of the molecule is Cc1nnnn1-c1cc(NC(=O)c2ccnc(F)c2)ccc1F. The van der Waals surface area contributed by atoms with Crippen LogP contribution >= 0.6 is 0 Å². The lowest BCUT2D eigenvalue weighted by atomic mass is 10.2. The van der Waals surface area contributed by atoms with Crippen molar-refractivity contribution in [3.8, 4) is 5.69 Å². The fraction of sp³-hybridized carbons (Fsp3) is 0.0714. The number of hydrogen-bond acceptors (Lipinski definition) is 5. The van der Waals surface area contributed by atoms with E-state index < -0.39 is 17.7 Å². The highest BCUT2D eigenvalue weighted by Crippen LogP contribution is 2.19. The summed E-state index contributed by atoms with van der Waals surface area (Å²) in [6.45, 7) is 1.62. The Labute approximate surface area is 129 Å². The Balaban J connectivity index is 1.90. The average molecular weight is 316 g/mol. The van der Waals surface area contributed by atoms with Crippen molar-refractivity contribution in [2.75, 3.05) is 5.32 Å². The number of hydrogen-bond donors (Lipinski definition) is 1. The van der Waals surface area contributed by atoms with Gasteiger partial charge in [0.1, 0.15) is 11.5 Å². The lowest BCUT2D eigenvalue weighted by Crippen LogP contribution is -2.13. The Morgan fingerprint density at radius 2 is 2.04 bits per heavy atom. The molecule has 116 valence electrons. The van der Waals surface area contributed by atoms with Crippen LogP contribution in [0.1, 0.15) is 16.2 Å². The van der Waals surface area contributed by atoms with Crippen LogP contribution in [-0.4, -0.2) is 31.1 Å². The van der Waals surface area contributed by atoms with Gasteiger partial charge in [-0.15, -0.1) is 5.10 Å². The summed E-state index contributed by atoms with van der Waals surface area (Å²) in [4.78, 5) is 15.4. The molecule has 0 fully saturated rings. The number of benzene rings is 1. The minimum atomic E-state index is -0.762. The second-order valence-electron chi connectivity index (χ2n) is 4.63. The van der Waals surface area contributed by atoms with Crippen LogP contribution < -0.4 is 5.32 Å². The standard InChI is InChI=1S/C14H10F2N6O/c1-8-19-20-21-22(8)12-7-10(2-3-11(12)15)18-14(23)9-4-5-17-13(16)6-9/h2-7H,1H3,(H,18,23). The monoisotopic (exact) mass is 316 g/mol. The molecule has 0 unspecified atom stereocenters. The number of pyridine rings is 1. The Morgan fingerprint density at radius 3 is 2.74 bits per heavy atom. The molecule has 2 heterocycles. The van der Waals surface area contributed by atoms with Gasteiger partial charge in [0.15, 0.2) is 5.82 Å². The molecule has 0 atom stereocenters. The lowest BCUT2D eigenvalue weighted by molar-refractivity contribution is 0.102. The first-order valence-corrected chi connectivity index (χ1v) is 6.52. The number of halogens is 2. The van der Waals surface area contributed by atoms with Crippen molar-refractivity contribution < 1.29 is 13.6 Å². The van der Waals surface area contributed by atoms with Crippen LogP contribution in [0.15, 0.2) is 36.5 Å². The highest BCUT2D eigenvalue weighted by Gasteiger charge is 2.13. The molecule has 1 aromatic carbocycles. The number of aromatic nitrogens is 5. The van der Waals surface area contributed by atoms with E-state index in [-0.39, 0.29) is 11.3 Å². The Kier molecular flexibility index (Phi) is 3.75.